The Bertz CT molecular complexity index is 867. The number of hydrogen-bond acceptors (Lipinski definition) is 3. The first-order chi connectivity index (χ1) is 12.8. The minimum absolute atomic E-state index is 0.0103. The summed E-state index contributed by atoms with van der Waals surface area (Å²) in [5.41, 5.74) is 4.55. The van der Waals surface area contributed by atoms with Crippen LogP contribution in [0.4, 0.5) is 18.9 Å². The molecule has 1 N–H and O–H groups in total. The first-order valence-corrected chi connectivity index (χ1v) is 9.89. The SMILES string of the molecule is CCC(N1Cc2cc(-c3cccc(NSC)c3)cc(C)c2C1=O)C(F)(F)F. The van der Waals surface area contributed by atoms with E-state index >= 15 is 0 Å². The van der Waals surface area contributed by atoms with E-state index in [1.165, 1.54) is 18.9 Å². The highest BCUT2D eigenvalue weighted by Gasteiger charge is 2.47. The monoisotopic (exact) mass is 394 g/mol. The minimum Gasteiger partial charge on any atom is -0.330 e. The van der Waals surface area contributed by atoms with E-state index in [9.17, 15) is 18.0 Å². The third-order valence-electron chi connectivity index (χ3n) is 4.79. The summed E-state index contributed by atoms with van der Waals surface area (Å²) in [6, 6.07) is 9.75. The number of halogens is 3. The van der Waals surface area contributed by atoms with Crippen LogP contribution in [0.3, 0.4) is 0 Å². The van der Waals surface area contributed by atoms with Crippen LogP contribution < -0.4 is 4.72 Å². The molecule has 1 unspecified atom stereocenters. The zero-order chi connectivity index (χ0) is 19.8. The first-order valence-electron chi connectivity index (χ1n) is 8.67. The van der Waals surface area contributed by atoms with Crippen LogP contribution >= 0.6 is 11.9 Å². The summed E-state index contributed by atoms with van der Waals surface area (Å²) in [5.74, 6) is -0.531. The highest BCUT2D eigenvalue weighted by Crippen LogP contribution is 2.37. The number of anilines is 1. The molecular formula is C20H21F3N2OS. The highest BCUT2D eigenvalue weighted by molar-refractivity contribution is 7.99. The van der Waals surface area contributed by atoms with E-state index in [0.717, 1.165) is 21.7 Å². The van der Waals surface area contributed by atoms with Gasteiger partial charge in [-0.1, -0.05) is 37.1 Å². The average Bonchev–Trinajstić information content (AvgIpc) is 2.92. The van der Waals surface area contributed by atoms with Gasteiger partial charge in [0, 0.05) is 24.1 Å². The fourth-order valence-corrected chi connectivity index (χ4v) is 3.98. The zero-order valence-electron chi connectivity index (χ0n) is 15.4. The molecule has 0 aromatic heterocycles. The number of amides is 1. The Morgan fingerprint density at radius 2 is 1.96 bits per heavy atom. The van der Waals surface area contributed by atoms with E-state index in [4.69, 9.17) is 0 Å². The van der Waals surface area contributed by atoms with E-state index < -0.39 is 18.1 Å². The van der Waals surface area contributed by atoms with Crippen molar-refractivity contribution in [3.8, 4) is 11.1 Å². The molecule has 0 radical (unpaired) electrons. The number of fused-ring (bicyclic) bond motifs is 1. The molecule has 144 valence electrons. The number of carbonyl (C=O) groups is 1. The Morgan fingerprint density at radius 1 is 1.22 bits per heavy atom. The second-order valence-corrected chi connectivity index (χ2v) is 7.23. The van der Waals surface area contributed by atoms with Crippen molar-refractivity contribution < 1.29 is 18.0 Å². The summed E-state index contributed by atoms with van der Waals surface area (Å²) < 4.78 is 43.2. The van der Waals surface area contributed by atoms with Gasteiger partial charge in [-0.2, -0.15) is 13.2 Å². The maximum Gasteiger partial charge on any atom is 0.408 e. The van der Waals surface area contributed by atoms with Crippen molar-refractivity contribution in [2.45, 2.75) is 39.0 Å². The van der Waals surface area contributed by atoms with Gasteiger partial charge in [0.2, 0.25) is 0 Å². The van der Waals surface area contributed by atoms with Crippen molar-refractivity contribution in [3.63, 3.8) is 0 Å². The molecule has 1 aliphatic heterocycles. The first kappa shape index (κ1) is 19.6. The lowest BCUT2D eigenvalue weighted by atomic mass is 9.96. The smallest absolute Gasteiger partial charge is 0.330 e. The lowest BCUT2D eigenvalue weighted by Crippen LogP contribution is -2.45. The Hall–Kier alpha value is -2.15. The second kappa shape index (κ2) is 7.46. The maximum atomic E-state index is 13.3. The topological polar surface area (TPSA) is 32.3 Å². The molecule has 3 rings (SSSR count). The van der Waals surface area contributed by atoms with Crippen molar-refractivity contribution >= 4 is 23.5 Å². The van der Waals surface area contributed by atoms with Crippen molar-refractivity contribution in [1.82, 2.24) is 4.90 Å². The van der Waals surface area contributed by atoms with E-state index in [0.29, 0.717) is 16.7 Å². The third-order valence-corrected chi connectivity index (χ3v) is 5.23. The van der Waals surface area contributed by atoms with Crippen LogP contribution in [0.2, 0.25) is 0 Å². The Labute approximate surface area is 161 Å². The van der Waals surface area contributed by atoms with Gasteiger partial charge in [0.1, 0.15) is 6.04 Å². The number of aryl methyl sites for hydroxylation is 1. The molecule has 1 aliphatic rings. The van der Waals surface area contributed by atoms with Crippen LogP contribution in [-0.4, -0.2) is 29.3 Å². The predicted octanol–water partition coefficient (Wildman–Crippen LogP) is 5.65. The molecule has 0 spiro atoms. The third kappa shape index (κ3) is 3.78. The standard InChI is InChI=1S/C20H21F3N2OS/c1-4-17(20(21,22)23)25-11-15-9-14(8-12(2)18(15)19(25)26)13-6-5-7-16(10-13)24-27-3/h5-10,17,24H,4,11H2,1-3H3. The van der Waals surface area contributed by atoms with Crippen LogP contribution in [0, 0.1) is 6.92 Å². The normalized spacial score (nSPS) is 15.0. The molecule has 0 saturated carbocycles. The summed E-state index contributed by atoms with van der Waals surface area (Å²) in [6.07, 6.45) is -2.66. The molecular weight excluding hydrogens is 373 g/mol. The molecule has 1 amide bonds. The summed E-state index contributed by atoms with van der Waals surface area (Å²) in [6.45, 7) is 3.23. The van der Waals surface area contributed by atoms with Crippen LogP contribution in [0.15, 0.2) is 36.4 Å². The molecule has 2 aromatic rings. The van der Waals surface area contributed by atoms with Crippen molar-refractivity contribution in [1.29, 1.82) is 0 Å². The Kier molecular flexibility index (Phi) is 5.42. The number of nitrogens with one attached hydrogen (secondary N) is 1. The van der Waals surface area contributed by atoms with Gasteiger partial charge in [0.15, 0.2) is 0 Å². The number of rotatable bonds is 5. The van der Waals surface area contributed by atoms with Gasteiger partial charge in [-0.25, -0.2) is 0 Å². The van der Waals surface area contributed by atoms with Crippen molar-refractivity contribution in [2.24, 2.45) is 0 Å². The lowest BCUT2D eigenvalue weighted by Gasteiger charge is -2.28. The zero-order valence-corrected chi connectivity index (χ0v) is 16.2. The van der Waals surface area contributed by atoms with Crippen molar-refractivity contribution in [3.05, 3.63) is 53.1 Å². The van der Waals surface area contributed by atoms with E-state index in [2.05, 4.69) is 4.72 Å². The van der Waals surface area contributed by atoms with Gasteiger partial charge in [-0.3, -0.25) is 4.79 Å². The summed E-state index contributed by atoms with van der Waals surface area (Å²) in [7, 11) is 0. The van der Waals surface area contributed by atoms with E-state index in [1.54, 1.807) is 6.92 Å². The second-order valence-electron chi connectivity index (χ2n) is 6.61. The van der Waals surface area contributed by atoms with Crippen LogP contribution in [-0.2, 0) is 6.54 Å². The number of nitrogens with zero attached hydrogens (tertiary/aromatic N) is 1. The fourth-order valence-electron chi connectivity index (χ4n) is 3.62. The molecule has 0 saturated heterocycles. The molecule has 2 aromatic carbocycles. The molecule has 0 aliphatic carbocycles. The average molecular weight is 394 g/mol. The molecule has 0 bridgehead atoms. The van der Waals surface area contributed by atoms with Crippen molar-refractivity contribution in [2.75, 3.05) is 11.0 Å². The lowest BCUT2D eigenvalue weighted by molar-refractivity contribution is -0.177. The highest BCUT2D eigenvalue weighted by atomic mass is 32.2. The summed E-state index contributed by atoms with van der Waals surface area (Å²) in [5, 5.41) is 0. The van der Waals surface area contributed by atoms with Gasteiger partial charge in [-0.15, -0.1) is 0 Å². The largest absolute Gasteiger partial charge is 0.408 e. The summed E-state index contributed by atoms with van der Waals surface area (Å²) in [4.78, 5) is 13.6. The van der Waals surface area contributed by atoms with Gasteiger partial charge in [0.25, 0.3) is 5.91 Å². The maximum absolute atomic E-state index is 13.3. The van der Waals surface area contributed by atoms with Gasteiger partial charge in [0.05, 0.1) is 0 Å². The van der Waals surface area contributed by atoms with Gasteiger partial charge < -0.3 is 9.62 Å². The van der Waals surface area contributed by atoms with Gasteiger partial charge in [-0.05, 0) is 53.8 Å². The molecule has 27 heavy (non-hydrogen) atoms. The van der Waals surface area contributed by atoms with Crippen LogP contribution in [0.5, 0.6) is 0 Å². The Morgan fingerprint density at radius 3 is 2.59 bits per heavy atom. The fraction of sp³-hybridized carbons (Fsp3) is 0.350. The molecule has 3 nitrogen and oxygen atoms in total. The number of benzene rings is 2. The Balaban J connectivity index is 1.99. The number of carbonyl (C=O) groups excluding carboxylic acids is 1. The number of alkyl halides is 3. The minimum atomic E-state index is -4.43. The molecule has 0 fully saturated rings. The van der Waals surface area contributed by atoms with E-state index in [1.807, 2.05) is 42.7 Å². The molecule has 1 atom stereocenters. The van der Waals surface area contributed by atoms with E-state index in [-0.39, 0.29) is 13.0 Å². The molecule has 1 heterocycles. The number of hydrogen-bond donors (Lipinski definition) is 1. The van der Waals surface area contributed by atoms with Gasteiger partial charge >= 0.3 is 6.18 Å². The summed E-state index contributed by atoms with van der Waals surface area (Å²) >= 11 is 1.48. The van der Waals surface area contributed by atoms with Crippen LogP contribution in [0.25, 0.3) is 11.1 Å². The predicted molar refractivity (Wildman–Crippen MR) is 104 cm³/mol. The van der Waals surface area contributed by atoms with Crippen LogP contribution in [0.1, 0.15) is 34.8 Å². The quantitative estimate of drug-likeness (QED) is 0.665. The molecule has 7 heteroatoms.